The zero-order chi connectivity index (χ0) is 9.23. The molecule has 0 saturated carbocycles. The summed E-state index contributed by atoms with van der Waals surface area (Å²) in [6.07, 6.45) is 0. The number of hydrogen-bond acceptors (Lipinski definition) is 4. The Morgan fingerprint density at radius 2 is 1.58 bits per heavy atom. The molecule has 0 aromatic heterocycles. The number of aliphatic hydroxyl groups excluding tert-OH is 1. The second-order valence-electron chi connectivity index (χ2n) is 3.03. The first kappa shape index (κ1) is 11.8. The van der Waals surface area contributed by atoms with Gasteiger partial charge < -0.3 is 20.6 Å². The topological polar surface area (TPSA) is 47.5 Å². The molecule has 0 aliphatic carbocycles. The molecule has 12 heavy (non-hydrogen) atoms. The summed E-state index contributed by atoms with van der Waals surface area (Å²) >= 11 is 0. The summed E-state index contributed by atoms with van der Waals surface area (Å²) in [7, 11) is 4.12. The van der Waals surface area contributed by atoms with Gasteiger partial charge in [-0.1, -0.05) is 0 Å². The van der Waals surface area contributed by atoms with Crippen LogP contribution >= 0.6 is 0 Å². The molecular weight excluding hydrogens is 154 g/mol. The highest BCUT2D eigenvalue weighted by Crippen LogP contribution is 1.69. The SMILES string of the molecule is CN(C)CCNCCNCCO. The summed E-state index contributed by atoms with van der Waals surface area (Å²) in [5.41, 5.74) is 0. The highest BCUT2D eigenvalue weighted by Gasteiger charge is 1.89. The third kappa shape index (κ3) is 9.84. The number of aliphatic hydroxyl groups is 1. The number of hydrogen-bond donors (Lipinski definition) is 3. The van der Waals surface area contributed by atoms with Crippen molar-refractivity contribution in [3.63, 3.8) is 0 Å². The molecule has 4 nitrogen and oxygen atoms in total. The highest BCUT2D eigenvalue weighted by molar-refractivity contribution is 4.53. The van der Waals surface area contributed by atoms with E-state index < -0.39 is 0 Å². The zero-order valence-corrected chi connectivity index (χ0v) is 8.14. The van der Waals surface area contributed by atoms with Gasteiger partial charge >= 0.3 is 0 Å². The minimum atomic E-state index is 0.220. The lowest BCUT2D eigenvalue weighted by Gasteiger charge is -2.10. The number of rotatable bonds is 8. The molecule has 0 spiro atoms. The lowest BCUT2D eigenvalue weighted by atomic mass is 10.5. The maximum atomic E-state index is 8.45. The molecule has 3 N–H and O–H groups in total. The van der Waals surface area contributed by atoms with E-state index in [1.54, 1.807) is 0 Å². The normalized spacial score (nSPS) is 11.0. The minimum Gasteiger partial charge on any atom is -0.395 e. The summed E-state index contributed by atoms with van der Waals surface area (Å²) in [5.74, 6) is 0. The Morgan fingerprint density at radius 3 is 2.08 bits per heavy atom. The smallest absolute Gasteiger partial charge is 0.0555 e. The van der Waals surface area contributed by atoms with Crippen molar-refractivity contribution in [1.29, 1.82) is 0 Å². The predicted octanol–water partition coefficient (Wildman–Crippen LogP) is -1.28. The van der Waals surface area contributed by atoms with Gasteiger partial charge in [0.2, 0.25) is 0 Å². The van der Waals surface area contributed by atoms with Gasteiger partial charge in [0, 0.05) is 32.7 Å². The predicted molar refractivity (Wildman–Crippen MR) is 51.4 cm³/mol. The standard InChI is InChI=1S/C8H21N3O/c1-11(2)7-5-9-3-4-10-6-8-12/h9-10,12H,3-8H2,1-2H3. The van der Waals surface area contributed by atoms with Crippen molar-refractivity contribution in [1.82, 2.24) is 15.5 Å². The molecular formula is C8H21N3O. The van der Waals surface area contributed by atoms with Gasteiger partial charge in [-0.05, 0) is 14.1 Å². The maximum absolute atomic E-state index is 8.45. The Labute approximate surface area is 74.9 Å². The molecule has 74 valence electrons. The molecule has 0 bridgehead atoms. The molecule has 0 unspecified atom stereocenters. The zero-order valence-electron chi connectivity index (χ0n) is 8.14. The van der Waals surface area contributed by atoms with E-state index >= 15 is 0 Å². The van der Waals surface area contributed by atoms with Gasteiger partial charge in [-0.2, -0.15) is 0 Å². The van der Waals surface area contributed by atoms with Crippen molar-refractivity contribution in [3.05, 3.63) is 0 Å². The molecule has 0 heterocycles. The van der Waals surface area contributed by atoms with Crippen LogP contribution < -0.4 is 10.6 Å². The molecule has 0 radical (unpaired) electrons. The second kappa shape index (κ2) is 8.93. The summed E-state index contributed by atoms with van der Waals surface area (Å²) < 4.78 is 0. The second-order valence-corrected chi connectivity index (χ2v) is 3.03. The molecule has 0 aliphatic heterocycles. The van der Waals surface area contributed by atoms with Gasteiger partial charge in [-0.3, -0.25) is 0 Å². The van der Waals surface area contributed by atoms with Gasteiger partial charge in [0.15, 0.2) is 0 Å². The van der Waals surface area contributed by atoms with Gasteiger partial charge in [-0.15, -0.1) is 0 Å². The Balaban J connectivity index is 2.82. The Hall–Kier alpha value is -0.160. The number of nitrogens with one attached hydrogen (secondary N) is 2. The molecule has 0 atom stereocenters. The lowest BCUT2D eigenvalue weighted by molar-refractivity contribution is 0.292. The highest BCUT2D eigenvalue weighted by atomic mass is 16.3. The third-order valence-corrected chi connectivity index (χ3v) is 1.50. The molecule has 0 amide bonds. The van der Waals surface area contributed by atoms with Crippen LogP contribution in [0.5, 0.6) is 0 Å². The largest absolute Gasteiger partial charge is 0.395 e. The Bertz CT molecular complexity index is 88.4. The van der Waals surface area contributed by atoms with E-state index in [1.807, 2.05) is 0 Å². The van der Waals surface area contributed by atoms with Crippen LogP contribution in [0.3, 0.4) is 0 Å². The van der Waals surface area contributed by atoms with Gasteiger partial charge in [0.1, 0.15) is 0 Å². The molecule has 0 aliphatic rings. The summed E-state index contributed by atoms with van der Waals surface area (Å²) in [5, 5.41) is 14.8. The van der Waals surface area contributed by atoms with Gasteiger partial charge in [0.05, 0.1) is 6.61 Å². The molecule has 0 aromatic carbocycles. The third-order valence-electron chi connectivity index (χ3n) is 1.50. The first-order valence-corrected chi connectivity index (χ1v) is 4.44. The van der Waals surface area contributed by atoms with Crippen LogP contribution in [0.1, 0.15) is 0 Å². The van der Waals surface area contributed by atoms with Crippen molar-refractivity contribution in [2.45, 2.75) is 0 Å². The van der Waals surface area contributed by atoms with Crippen LogP contribution in [0.2, 0.25) is 0 Å². The Morgan fingerprint density at radius 1 is 1.00 bits per heavy atom. The van der Waals surface area contributed by atoms with Crippen molar-refractivity contribution in [2.24, 2.45) is 0 Å². The van der Waals surface area contributed by atoms with Crippen LogP contribution in [-0.4, -0.2) is 63.4 Å². The van der Waals surface area contributed by atoms with E-state index in [-0.39, 0.29) is 6.61 Å². The summed E-state index contributed by atoms with van der Waals surface area (Å²) in [4.78, 5) is 2.15. The van der Waals surface area contributed by atoms with E-state index in [0.29, 0.717) is 6.54 Å². The minimum absolute atomic E-state index is 0.220. The van der Waals surface area contributed by atoms with Crippen LogP contribution in [0.25, 0.3) is 0 Å². The van der Waals surface area contributed by atoms with E-state index in [0.717, 1.165) is 26.2 Å². The number of likely N-dealkylation sites (N-methyl/N-ethyl adjacent to an activating group) is 1. The van der Waals surface area contributed by atoms with Gasteiger partial charge in [-0.25, -0.2) is 0 Å². The Kier molecular flexibility index (Phi) is 8.81. The summed E-state index contributed by atoms with van der Waals surface area (Å²) in [6, 6.07) is 0. The van der Waals surface area contributed by atoms with E-state index in [2.05, 4.69) is 29.6 Å². The molecule has 0 saturated heterocycles. The fourth-order valence-corrected chi connectivity index (χ4v) is 0.808. The monoisotopic (exact) mass is 175 g/mol. The molecule has 0 rings (SSSR count). The van der Waals surface area contributed by atoms with E-state index in [1.165, 1.54) is 0 Å². The molecule has 0 fully saturated rings. The van der Waals surface area contributed by atoms with Crippen molar-refractivity contribution in [2.75, 3.05) is 53.4 Å². The fourth-order valence-electron chi connectivity index (χ4n) is 0.808. The van der Waals surface area contributed by atoms with Gasteiger partial charge in [0.25, 0.3) is 0 Å². The van der Waals surface area contributed by atoms with Crippen molar-refractivity contribution >= 4 is 0 Å². The van der Waals surface area contributed by atoms with Crippen molar-refractivity contribution < 1.29 is 5.11 Å². The van der Waals surface area contributed by atoms with E-state index in [9.17, 15) is 0 Å². The quantitative estimate of drug-likeness (QED) is 0.402. The average Bonchev–Trinajstić information content (AvgIpc) is 2.02. The summed E-state index contributed by atoms with van der Waals surface area (Å²) in [6.45, 7) is 4.89. The van der Waals surface area contributed by atoms with Crippen molar-refractivity contribution in [3.8, 4) is 0 Å². The number of nitrogens with zero attached hydrogens (tertiary/aromatic N) is 1. The fraction of sp³-hybridized carbons (Fsp3) is 1.00. The lowest BCUT2D eigenvalue weighted by Crippen LogP contribution is -2.33. The average molecular weight is 175 g/mol. The van der Waals surface area contributed by atoms with Crippen LogP contribution in [0.15, 0.2) is 0 Å². The molecule has 4 heteroatoms. The van der Waals surface area contributed by atoms with Crippen LogP contribution in [0, 0.1) is 0 Å². The first-order valence-electron chi connectivity index (χ1n) is 4.44. The molecule has 0 aromatic rings. The van der Waals surface area contributed by atoms with Crippen LogP contribution in [-0.2, 0) is 0 Å². The first-order chi connectivity index (χ1) is 5.77. The van der Waals surface area contributed by atoms with Crippen LogP contribution in [0.4, 0.5) is 0 Å². The maximum Gasteiger partial charge on any atom is 0.0555 e. The van der Waals surface area contributed by atoms with E-state index in [4.69, 9.17) is 5.11 Å².